The first-order chi connectivity index (χ1) is 15.0. The first-order valence-corrected chi connectivity index (χ1v) is 10.5. The highest BCUT2D eigenvalue weighted by molar-refractivity contribution is 7.71. The van der Waals surface area contributed by atoms with Crippen molar-refractivity contribution in [3.8, 4) is 28.8 Å². The van der Waals surface area contributed by atoms with Crippen LogP contribution in [0.3, 0.4) is 0 Å². The number of H-pyrrole nitrogens is 1. The number of nitrogens with zero attached hydrogens (tertiary/aromatic N) is 2. The first-order valence-electron chi connectivity index (χ1n) is 10.1. The second-order valence-corrected chi connectivity index (χ2v) is 8.00. The van der Waals surface area contributed by atoms with E-state index in [0.29, 0.717) is 40.4 Å². The second kappa shape index (κ2) is 8.81. The smallest absolute Gasteiger partial charge is 0.203 e. The van der Waals surface area contributed by atoms with Gasteiger partial charge < -0.3 is 13.9 Å². The van der Waals surface area contributed by atoms with Crippen molar-refractivity contribution in [1.82, 2.24) is 14.8 Å². The molecule has 1 N–H and O–H groups in total. The third kappa shape index (κ3) is 4.27. The Morgan fingerprint density at radius 3 is 2.68 bits per heavy atom. The Bertz CT molecular complexity index is 1250. The van der Waals surface area contributed by atoms with Gasteiger partial charge in [0, 0.05) is 0 Å². The van der Waals surface area contributed by atoms with Crippen LogP contribution in [-0.2, 0) is 6.61 Å². The van der Waals surface area contributed by atoms with E-state index in [1.54, 1.807) is 11.7 Å². The summed E-state index contributed by atoms with van der Waals surface area (Å²) in [5, 5.41) is 7.22. The molecule has 0 fully saturated rings. The lowest BCUT2D eigenvalue weighted by atomic mass is 10.0. The van der Waals surface area contributed by atoms with E-state index in [2.05, 4.69) is 49.2 Å². The number of ether oxygens (including phenoxy) is 2. The molecule has 0 aliphatic heterocycles. The van der Waals surface area contributed by atoms with Gasteiger partial charge in [-0.3, -0.25) is 9.67 Å². The predicted octanol–water partition coefficient (Wildman–Crippen LogP) is 6.21. The number of aromatic amines is 1. The Morgan fingerprint density at radius 1 is 1.10 bits per heavy atom. The minimum absolute atomic E-state index is 0.322. The summed E-state index contributed by atoms with van der Waals surface area (Å²) in [6.07, 6.45) is 0. The normalized spacial score (nSPS) is 11.1. The van der Waals surface area contributed by atoms with E-state index in [0.717, 1.165) is 17.0 Å². The third-order valence-corrected chi connectivity index (χ3v) is 5.32. The van der Waals surface area contributed by atoms with Crippen LogP contribution in [0.1, 0.15) is 36.7 Å². The maximum Gasteiger partial charge on any atom is 0.203 e. The lowest BCUT2D eigenvalue weighted by Crippen LogP contribution is -2.00. The van der Waals surface area contributed by atoms with Gasteiger partial charge in [-0.05, 0) is 66.5 Å². The molecule has 4 aromatic rings. The Kier molecular flexibility index (Phi) is 5.95. The van der Waals surface area contributed by atoms with E-state index in [1.807, 2.05) is 36.4 Å². The van der Waals surface area contributed by atoms with Gasteiger partial charge in [0.25, 0.3) is 0 Å². The summed E-state index contributed by atoms with van der Waals surface area (Å²) in [6, 6.07) is 17.7. The number of hydrogen-bond acceptors (Lipinski definition) is 5. The van der Waals surface area contributed by atoms with E-state index < -0.39 is 0 Å². The van der Waals surface area contributed by atoms with Crippen LogP contribution < -0.4 is 9.47 Å². The van der Waals surface area contributed by atoms with Crippen molar-refractivity contribution in [2.45, 2.75) is 33.3 Å². The number of methoxy groups -OCH3 is 1. The topological polar surface area (TPSA) is 65.2 Å². The van der Waals surface area contributed by atoms with Gasteiger partial charge in [-0.15, -0.1) is 0 Å². The Balaban J connectivity index is 1.62. The van der Waals surface area contributed by atoms with Crippen molar-refractivity contribution in [2.24, 2.45) is 0 Å². The summed E-state index contributed by atoms with van der Waals surface area (Å²) in [6.45, 7) is 6.69. The van der Waals surface area contributed by atoms with Crippen LogP contribution in [0.2, 0.25) is 0 Å². The van der Waals surface area contributed by atoms with Crippen LogP contribution in [0, 0.1) is 11.7 Å². The largest absolute Gasteiger partial charge is 0.495 e. The highest BCUT2D eigenvalue weighted by Gasteiger charge is 2.17. The SMILES string of the molecule is COc1ccccc1-n1c(-c2ccc(COc3cc(C)ccc3C(C)C)o2)n[nH]c1=S. The molecule has 2 aromatic heterocycles. The van der Waals surface area contributed by atoms with Crippen LogP contribution in [0.15, 0.2) is 59.0 Å². The zero-order chi connectivity index (χ0) is 22.0. The quantitative estimate of drug-likeness (QED) is 0.350. The fraction of sp³-hybridized carbons (Fsp3) is 0.250. The van der Waals surface area contributed by atoms with Crippen molar-refractivity contribution >= 4 is 12.2 Å². The summed E-state index contributed by atoms with van der Waals surface area (Å²) >= 11 is 5.46. The van der Waals surface area contributed by atoms with Crippen LogP contribution in [0.25, 0.3) is 17.3 Å². The molecule has 4 rings (SSSR count). The molecule has 6 nitrogen and oxygen atoms in total. The summed E-state index contributed by atoms with van der Waals surface area (Å²) in [4.78, 5) is 0. The summed E-state index contributed by atoms with van der Waals surface area (Å²) in [5.74, 6) is 3.80. The molecule has 0 atom stereocenters. The highest BCUT2D eigenvalue weighted by Crippen LogP contribution is 2.31. The van der Waals surface area contributed by atoms with Crippen molar-refractivity contribution in [3.05, 3.63) is 76.3 Å². The maximum atomic E-state index is 6.10. The number of nitrogens with one attached hydrogen (secondary N) is 1. The molecule has 160 valence electrons. The van der Waals surface area contributed by atoms with Gasteiger partial charge in [-0.2, -0.15) is 5.10 Å². The number of rotatable bonds is 7. The molecule has 31 heavy (non-hydrogen) atoms. The lowest BCUT2D eigenvalue weighted by molar-refractivity contribution is 0.268. The van der Waals surface area contributed by atoms with Crippen LogP contribution in [0.4, 0.5) is 0 Å². The maximum absolute atomic E-state index is 6.10. The van der Waals surface area contributed by atoms with E-state index in [-0.39, 0.29) is 0 Å². The number of benzene rings is 2. The number of aromatic nitrogens is 3. The van der Waals surface area contributed by atoms with Crippen molar-refractivity contribution in [1.29, 1.82) is 0 Å². The number of furan rings is 1. The molecule has 0 aliphatic carbocycles. The van der Waals surface area contributed by atoms with Crippen LogP contribution in [0.5, 0.6) is 11.5 Å². The highest BCUT2D eigenvalue weighted by atomic mass is 32.1. The van der Waals surface area contributed by atoms with E-state index in [1.165, 1.54) is 5.56 Å². The molecule has 0 amide bonds. The van der Waals surface area contributed by atoms with Crippen LogP contribution in [-0.4, -0.2) is 21.9 Å². The van der Waals surface area contributed by atoms with Gasteiger partial charge in [-0.25, -0.2) is 0 Å². The van der Waals surface area contributed by atoms with Crippen molar-refractivity contribution in [2.75, 3.05) is 7.11 Å². The number of hydrogen-bond donors (Lipinski definition) is 1. The zero-order valence-electron chi connectivity index (χ0n) is 18.0. The van der Waals surface area contributed by atoms with Crippen molar-refractivity contribution in [3.63, 3.8) is 0 Å². The Morgan fingerprint density at radius 2 is 1.90 bits per heavy atom. The minimum Gasteiger partial charge on any atom is -0.495 e. The first kappa shape index (κ1) is 20.9. The van der Waals surface area contributed by atoms with Gasteiger partial charge in [0.2, 0.25) is 5.82 Å². The molecule has 0 bridgehead atoms. The third-order valence-electron chi connectivity index (χ3n) is 5.04. The average Bonchev–Trinajstić information content (AvgIpc) is 3.38. The van der Waals surface area contributed by atoms with E-state index in [4.69, 9.17) is 26.1 Å². The molecule has 2 heterocycles. The molecule has 7 heteroatoms. The lowest BCUT2D eigenvalue weighted by Gasteiger charge is -2.14. The number of para-hydroxylation sites is 2. The number of aryl methyl sites for hydroxylation is 1. The molecule has 0 saturated heterocycles. The summed E-state index contributed by atoms with van der Waals surface area (Å²) < 4.78 is 19.9. The van der Waals surface area contributed by atoms with Gasteiger partial charge >= 0.3 is 0 Å². The molecule has 0 spiro atoms. The monoisotopic (exact) mass is 435 g/mol. The molecule has 2 aromatic carbocycles. The Labute approximate surface area is 186 Å². The van der Waals surface area contributed by atoms with Gasteiger partial charge in [0.05, 0.1) is 12.8 Å². The van der Waals surface area contributed by atoms with Gasteiger partial charge in [0.1, 0.15) is 23.9 Å². The predicted molar refractivity (Wildman–Crippen MR) is 123 cm³/mol. The molecular formula is C24H25N3O3S. The molecule has 0 unspecified atom stereocenters. The average molecular weight is 436 g/mol. The fourth-order valence-electron chi connectivity index (χ4n) is 3.47. The summed E-state index contributed by atoms with van der Waals surface area (Å²) in [5.41, 5.74) is 3.12. The van der Waals surface area contributed by atoms with Gasteiger partial charge in [0.15, 0.2) is 10.5 Å². The van der Waals surface area contributed by atoms with E-state index >= 15 is 0 Å². The second-order valence-electron chi connectivity index (χ2n) is 7.61. The van der Waals surface area contributed by atoms with Crippen molar-refractivity contribution < 1.29 is 13.9 Å². The van der Waals surface area contributed by atoms with Gasteiger partial charge in [-0.1, -0.05) is 38.1 Å². The zero-order valence-corrected chi connectivity index (χ0v) is 18.8. The Hall–Kier alpha value is -3.32. The molecule has 0 radical (unpaired) electrons. The standard InChI is InChI=1S/C24H25N3O3S/c1-15(2)18-11-9-16(3)13-22(18)29-14-17-10-12-21(30-17)23-25-26-24(31)27(23)19-7-5-6-8-20(19)28-4/h5-13,15H,14H2,1-4H3,(H,26,31). The van der Waals surface area contributed by atoms with E-state index in [9.17, 15) is 0 Å². The fourth-order valence-corrected chi connectivity index (χ4v) is 3.70. The molecular weight excluding hydrogens is 410 g/mol. The molecule has 0 saturated carbocycles. The van der Waals surface area contributed by atoms with Crippen LogP contribution >= 0.6 is 12.2 Å². The molecule has 0 aliphatic rings. The summed E-state index contributed by atoms with van der Waals surface area (Å²) in [7, 11) is 1.63. The minimum atomic E-state index is 0.322.